The number of thiazole rings is 2. The van der Waals surface area contributed by atoms with E-state index in [1.165, 1.54) is 60.3 Å². The maximum Gasteiger partial charge on any atom is 0.243 e. The van der Waals surface area contributed by atoms with Crippen LogP contribution >= 0.6 is 22.7 Å². The molecular formula is C45H52N6O8S4. The zero-order chi connectivity index (χ0) is 44.7. The number of hydrogen-bond acceptors (Lipinski definition) is 14. The van der Waals surface area contributed by atoms with Crippen molar-refractivity contribution in [3.05, 3.63) is 107 Å². The largest absolute Gasteiger partial charge is 0.493 e. The monoisotopic (exact) mass is 932 g/mol. The first-order chi connectivity index (χ1) is 30.4. The van der Waals surface area contributed by atoms with Gasteiger partial charge in [0.25, 0.3) is 0 Å². The van der Waals surface area contributed by atoms with Gasteiger partial charge < -0.3 is 28.7 Å². The van der Waals surface area contributed by atoms with E-state index in [2.05, 4.69) is 77.6 Å². The van der Waals surface area contributed by atoms with Crippen LogP contribution in [0.2, 0.25) is 0 Å². The minimum absolute atomic E-state index is 0.203. The summed E-state index contributed by atoms with van der Waals surface area (Å²) in [6.45, 7) is 8.16. The molecule has 2 aliphatic heterocycles. The lowest BCUT2D eigenvalue weighted by Gasteiger charge is -2.33. The Morgan fingerprint density at radius 3 is 1.27 bits per heavy atom. The first-order valence-corrected chi connectivity index (χ1v) is 25.0. The summed E-state index contributed by atoms with van der Waals surface area (Å²) >= 11 is 3.18. The summed E-state index contributed by atoms with van der Waals surface area (Å²) in [6, 6.07) is 26.1. The number of rotatable bonds is 13. The quantitative estimate of drug-likeness (QED) is 0.113. The van der Waals surface area contributed by atoms with Crippen molar-refractivity contribution in [3.8, 4) is 45.5 Å². The Morgan fingerprint density at radius 1 is 0.524 bits per heavy atom. The molecule has 18 heteroatoms. The molecule has 0 unspecified atom stereocenters. The third kappa shape index (κ3) is 10.3. The van der Waals surface area contributed by atoms with Crippen LogP contribution < -0.4 is 28.7 Å². The summed E-state index contributed by atoms with van der Waals surface area (Å²) in [4.78, 5) is 14.3. The van der Waals surface area contributed by atoms with Gasteiger partial charge in [-0.2, -0.15) is 8.61 Å². The van der Waals surface area contributed by atoms with E-state index in [0.29, 0.717) is 75.4 Å². The van der Waals surface area contributed by atoms with E-state index in [1.807, 2.05) is 5.38 Å². The number of hydrogen-bond donors (Lipinski definition) is 0. The van der Waals surface area contributed by atoms with Gasteiger partial charge in [-0.25, -0.2) is 26.8 Å². The third-order valence-electron chi connectivity index (χ3n) is 11.0. The van der Waals surface area contributed by atoms with Gasteiger partial charge in [0.05, 0.1) is 49.6 Å². The fraction of sp³-hybridized carbons (Fsp3) is 0.333. The molecule has 2 aromatic heterocycles. The van der Waals surface area contributed by atoms with Crippen molar-refractivity contribution < 1.29 is 35.8 Å². The molecule has 63 heavy (non-hydrogen) atoms. The minimum Gasteiger partial charge on any atom is -0.493 e. The molecule has 2 fully saturated rings. The molecular weight excluding hydrogens is 881 g/mol. The number of nitrogens with zero attached hydrogens (tertiary/aromatic N) is 6. The number of benzene rings is 4. The van der Waals surface area contributed by atoms with E-state index in [4.69, 9.17) is 28.9 Å². The average molecular weight is 933 g/mol. The van der Waals surface area contributed by atoms with Crippen molar-refractivity contribution in [3.63, 3.8) is 0 Å². The van der Waals surface area contributed by atoms with Crippen LogP contribution in [-0.4, -0.2) is 116 Å². The summed E-state index contributed by atoms with van der Waals surface area (Å²) in [6.07, 6.45) is 1.01. The van der Waals surface area contributed by atoms with Crippen molar-refractivity contribution in [2.24, 2.45) is 0 Å². The summed E-state index contributed by atoms with van der Waals surface area (Å²) in [5, 5.41) is 5.94. The van der Waals surface area contributed by atoms with Crippen molar-refractivity contribution >= 4 is 53.0 Å². The molecule has 0 spiro atoms. The number of aromatic nitrogens is 2. The van der Waals surface area contributed by atoms with E-state index < -0.39 is 20.0 Å². The van der Waals surface area contributed by atoms with E-state index in [9.17, 15) is 16.8 Å². The van der Waals surface area contributed by atoms with Crippen LogP contribution in [0.15, 0.2) is 105 Å². The normalized spacial score (nSPS) is 15.1. The van der Waals surface area contributed by atoms with Crippen LogP contribution in [0.3, 0.4) is 0 Å². The fourth-order valence-electron chi connectivity index (χ4n) is 7.21. The number of sulfonamides is 2. The number of piperazine rings is 2. The highest BCUT2D eigenvalue weighted by molar-refractivity contribution is 7.89. The summed E-state index contributed by atoms with van der Waals surface area (Å²) in [5.74, 6) is 1.79. The molecule has 0 amide bonds. The molecule has 0 radical (unpaired) electrons. The molecule has 6 aromatic rings. The Kier molecular flexibility index (Phi) is 14.6. The lowest BCUT2D eigenvalue weighted by molar-refractivity contribution is 0.353. The molecule has 4 heterocycles. The number of methoxy groups -OCH3 is 4. The maximum absolute atomic E-state index is 13.1. The molecule has 4 aromatic carbocycles. The highest BCUT2D eigenvalue weighted by Crippen LogP contribution is 2.34. The van der Waals surface area contributed by atoms with Crippen LogP contribution in [0.4, 0.5) is 10.3 Å². The van der Waals surface area contributed by atoms with Crippen molar-refractivity contribution in [2.75, 3.05) is 90.6 Å². The molecule has 0 atom stereocenters. The molecule has 0 aliphatic carbocycles. The summed E-state index contributed by atoms with van der Waals surface area (Å²) in [7, 11) is -1.20. The predicted molar refractivity (Wildman–Crippen MR) is 250 cm³/mol. The highest BCUT2D eigenvalue weighted by Gasteiger charge is 2.32. The molecule has 0 bridgehead atoms. The Morgan fingerprint density at radius 2 is 0.905 bits per heavy atom. The Bertz CT molecular complexity index is 2690. The van der Waals surface area contributed by atoms with Gasteiger partial charge in [0.15, 0.2) is 33.3 Å². The zero-order valence-electron chi connectivity index (χ0n) is 36.2. The van der Waals surface area contributed by atoms with Gasteiger partial charge >= 0.3 is 0 Å². The van der Waals surface area contributed by atoms with Gasteiger partial charge in [0, 0.05) is 86.4 Å². The Labute approximate surface area is 378 Å². The molecule has 8 rings (SSSR count). The van der Waals surface area contributed by atoms with Crippen molar-refractivity contribution in [1.29, 1.82) is 0 Å². The third-order valence-corrected chi connectivity index (χ3v) is 16.6. The van der Waals surface area contributed by atoms with Crippen molar-refractivity contribution in [2.45, 2.75) is 30.1 Å². The SMILES string of the molecule is CCc1ccc(-c2csc(N3CCN(S(=O)(=O)c4ccc(OC)c(OC)c4)CC3)n2)cc1.COc1ccc(S(=O)(=O)N2CCN(c3nc(-c4ccc(C)cc4)cs3)CC2)cc1OC. The standard InChI is InChI=1S/C23H27N3O4S2.C22H25N3O4S2/c1-4-17-5-7-18(8-6-17)20-16-31-23(24-20)25-11-13-26(14-12-25)32(27,28)19-9-10-21(29-2)22(15-19)30-3;1-16-4-6-17(7-5-16)19-15-30-22(23-19)24-10-12-25(13-11-24)31(26,27)18-8-9-20(28-2)21(14-18)29-3/h5-10,15-16H,4,11-14H2,1-3H3;4-9,14-15H,10-13H2,1-3H3. The lowest BCUT2D eigenvalue weighted by atomic mass is 10.1. The molecule has 14 nitrogen and oxygen atoms in total. The van der Waals surface area contributed by atoms with Gasteiger partial charge in [-0.3, -0.25) is 0 Å². The van der Waals surface area contributed by atoms with Gasteiger partial charge in [0.2, 0.25) is 20.0 Å². The average Bonchev–Trinajstić information content (AvgIpc) is 4.03. The fourth-order valence-corrected chi connectivity index (χ4v) is 11.9. The Balaban J connectivity index is 0.000000189. The number of anilines is 2. The van der Waals surface area contributed by atoms with Crippen LogP contribution in [0.1, 0.15) is 18.1 Å². The smallest absolute Gasteiger partial charge is 0.243 e. The van der Waals surface area contributed by atoms with Gasteiger partial charge in [0.1, 0.15) is 0 Å². The first-order valence-electron chi connectivity index (χ1n) is 20.4. The summed E-state index contributed by atoms with van der Waals surface area (Å²) < 4.78 is 76.5. The maximum atomic E-state index is 13.1. The second kappa shape index (κ2) is 20.1. The molecule has 0 N–H and O–H groups in total. The number of ether oxygens (including phenoxy) is 4. The highest BCUT2D eigenvalue weighted by atomic mass is 32.2. The van der Waals surface area contributed by atoms with Crippen LogP contribution in [-0.2, 0) is 26.5 Å². The van der Waals surface area contributed by atoms with Crippen LogP contribution in [0.25, 0.3) is 22.5 Å². The van der Waals surface area contributed by atoms with Gasteiger partial charge in [-0.15, -0.1) is 22.7 Å². The second-order valence-corrected chi connectivity index (χ2v) is 20.3. The van der Waals surface area contributed by atoms with Gasteiger partial charge in [-0.05, 0) is 43.2 Å². The summed E-state index contributed by atoms with van der Waals surface area (Å²) in [5.41, 5.74) is 6.59. The predicted octanol–water partition coefficient (Wildman–Crippen LogP) is 7.55. The van der Waals surface area contributed by atoms with E-state index in [1.54, 1.807) is 46.9 Å². The second-order valence-electron chi connectivity index (χ2n) is 14.8. The van der Waals surface area contributed by atoms with Crippen LogP contribution in [0, 0.1) is 6.92 Å². The molecule has 0 saturated carbocycles. The molecule has 334 valence electrons. The van der Waals surface area contributed by atoms with E-state index >= 15 is 0 Å². The van der Waals surface area contributed by atoms with E-state index in [-0.39, 0.29) is 9.79 Å². The minimum atomic E-state index is -3.62. The molecule has 2 saturated heterocycles. The topological polar surface area (TPSA) is 144 Å². The zero-order valence-corrected chi connectivity index (χ0v) is 39.4. The Hall–Kier alpha value is -5.24. The van der Waals surface area contributed by atoms with E-state index in [0.717, 1.165) is 39.2 Å². The number of aryl methyl sites for hydroxylation is 2. The van der Waals surface area contributed by atoms with Gasteiger partial charge in [-0.1, -0.05) is 61.0 Å². The van der Waals surface area contributed by atoms with Crippen LogP contribution in [0.5, 0.6) is 23.0 Å². The molecule has 2 aliphatic rings. The van der Waals surface area contributed by atoms with Crippen molar-refractivity contribution in [1.82, 2.24) is 18.6 Å². The lowest BCUT2D eigenvalue weighted by Crippen LogP contribution is -2.48. The first kappa shape index (κ1) is 45.8.